The van der Waals surface area contributed by atoms with Crippen LogP contribution in [-0.2, 0) is 13.0 Å². The van der Waals surface area contributed by atoms with Gasteiger partial charge in [0.1, 0.15) is 5.82 Å². The van der Waals surface area contributed by atoms with Crippen molar-refractivity contribution in [1.82, 2.24) is 15.1 Å². The van der Waals surface area contributed by atoms with Gasteiger partial charge in [0, 0.05) is 6.20 Å². The number of hydrogen-bond acceptors (Lipinski definition) is 2. The van der Waals surface area contributed by atoms with Gasteiger partial charge in [-0.1, -0.05) is 19.1 Å². The summed E-state index contributed by atoms with van der Waals surface area (Å²) >= 11 is 0. The third-order valence-electron chi connectivity index (χ3n) is 3.19. The van der Waals surface area contributed by atoms with Crippen LogP contribution in [0, 0.1) is 5.82 Å². The molecule has 1 aromatic carbocycles. The number of nitrogens with one attached hydrogen (secondary N) is 1. The molecule has 1 aromatic heterocycles. The molecule has 0 spiro atoms. The number of benzene rings is 1. The molecule has 0 aliphatic rings. The van der Waals surface area contributed by atoms with Gasteiger partial charge in [0.15, 0.2) is 0 Å². The van der Waals surface area contributed by atoms with Crippen LogP contribution in [0.1, 0.15) is 30.9 Å². The summed E-state index contributed by atoms with van der Waals surface area (Å²) in [4.78, 5) is 0. The van der Waals surface area contributed by atoms with E-state index in [1.807, 2.05) is 10.9 Å². The highest BCUT2D eigenvalue weighted by molar-refractivity contribution is 5.16. The lowest BCUT2D eigenvalue weighted by atomic mass is 10.2. The van der Waals surface area contributed by atoms with Crippen LogP contribution in [0.5, 0.6) is 0 Å². The van der Waals surface area contributed by atoms with Crippen molar-refractivity contribution in [3.05, 3.63) is 53.6 Å². The maximum Gasteiger partial charge on any atom is 0.123 e. The first kappa shape index (κ1) is 14.7. The van der Waals surface area contributed by atoms with Crippen molar-refractivity contribution >= 4 is 0 Å². The predicted octanol–water partition coefficient (Wildman–Crippen LogP) is 3.00. The average molecular weight is 275 g/mol. The molecule has 0 fully saturated rings. The summed E-state index contributed by atoms with van der Waals surface area (Å²) in [5.41, 5.74) is 2.32. The Morgan fingerprint density at radius 3 is 2.70 bits per heavy atom. The first-order valence-electron chi connectivity index (χ1n) is 7.24. The Morgan fingerprint density at radius 1 is 1.15 bits per heavy atom. The normalized spacial score (nSPS) is 10.9. The second kappa shape index (κ2) is 7.80. The van der Waals surface area contributed by atoms with Crippen molar-refractivity contribution in [2.75, 3.05) is 13.1 Å². The fourth-order valence-corrected chi connectivity index (χ4v) is 2.12. The molecule has 1 heterocycles. The summed E-state index contributed by atoms with van der Waals surface area (Å²) in [5, 5.41) is 7.75. The van der Waals surface area contributed by atoms with E-state index in [2.05, 4.69) is 23.5 Å². The van der Waals surface area contributed by atoms with Crippen molar-refractivity contribution in [2.24, 2.45) is 0 Å². The maximum absolute atomic E-state index is 12.8. The van der Waals surface area contributed by atoms with Gasteiger partial charge in [-0.2, -0.15) is 5.10 Å². The lowest BCUT2D eigenvalue weighted by molar-refractivity contribution is 0.624. The standard InChI is InChI=1S/C16H22FN3/c1-2-9-18-10-3-4-15-11-19-20(13-15)12-14-5-7-16(17)8-6-14/h5-8,11,13,18H,2-4,9-10,12H2,1H3. The fraction of sp³-hybridized carbons (Fsp3) is 0.438. The van der Waals surface area contributed by atoms with E-state index >= 15 is 0 Å². The largest absolute Gasteiger partial charge is 0.317 e. The monoisotopic (exact) mass is 275 g/mol. The van der Waals surface area contributed by atoms with Crippen molar-refractivity contribution in [3.63, 3.8) is 0 Å². The molecule has 2 rings (SSSR count). The number of hydrogen-bond donors (Lipinski definition) is 1. The predicted molar refractivity (Wildman–Crippen MR) is 79.2 cm³/mol. The number of nitrogens with zero attached hydrogens (tertiary/aromatic N) is 2. The molecule has 0 saturated carbocycles. The summed E-state index contributed by atoms with van der Waals surface area (Å²) < 4.78 is 14.7. The Balaban J connectivity index is 1.78. The zero-order chi connectivity index (χ0) is 14.2. The van der Waals surface area contributed by atoms with Gasteiger partial charge in [0.2, 0.25) is 0 Å². The van der Waals surface area contributed by atoms with Crippen LogP contribution < -0.4 is 5.32 Å². The highest BCUT2D eigenvalue weighted by Crippen LogP contribution is 2.07. The molecule has 0 amide bonds. The lowest BCUT2D eigenvalue weighted by Gasteiger charge is -2.02. The number of aryl methyl sites for hydroxylation is 1. The van der Waals surface area contributed by atoms with Gasteiger partial charge in [-0.25, -0.2) is 4.39 Å². The number of rotatable bonds is 8. The molecule has 2 aromatic rings. The number of aromatic nitrogens is 2. The SMILES string of the molecule is CCCNCCCc1cnn(Cc2ccc(F)cc2)c1. The quantitative estimate of drug-likeness (QED) is 0.751. The van der Waals surface area contributed by atoms with Crippen molar-refractivity contribution < 1.29 is 4.39 Å². The lowest BCUT2D eigenvalue weighted by Crippen LogP contribution is -2.16. The molecule has 0 aliphatic heterocycles. The first-order valence-corrected chi connectivity index (χ1v) is 7.24. The third kappa shape index (κ3) is 4.78. The molecule has 108 valence electrons. The Kier molecular flexibility index (Phi) is 5.74. The van der Waals surface area contributed by atoms with Crippen LogP contribution in [0.2, 0.25) is 0 Å². The highest BCUT2D eigenvalue weighted by Gasteiger charge is 2.00. The van der Waals surface area contributed by atoms with Gasteiger partial charge in [0.25, 0.3) is 0 Å². The Morgan fingerprint density at radius 2 is 1.95 bits per heavy atom. The molecular formula is C16H22FN3. The second-order valence-electron chi connectivity index (χ2n) is 5.03. The van der Waals surface area contributed by atoms with Crippen LogP contribution in [0.4, 0.5) is 4.39 Å². The molecule has 4 heteroatoms. The topological polar surface area (TPSA) is 29.9 Å². The summed E-state index contributed by atoms with van der Waals surface area (Å²) in [6, 6.07) is 6.56. The van der Waals surface area contributed by atoms with E-state index < -0.39 is 0 Å². The zero-order valence-corrected chi connectivity index (χ0v) is 12.0. The molecule has 0 unspecified atom stereocenters. The van der Waals surface area contributed by atoms with E-state index in [1.54, 1.807) is 12.1 Å². The molecular weight excluding hydrogens is 253 g/mol. The van der Waals surface area contributed by atoms with Gasteiger partial charge < -0.3 is 5.32 Å². The second-order valence-corrected chi connectivity index (χ2v) is 5.03. The molecule has 0 radical (unpaired) electrons. The van der Waals surface area contributed by atoms with E-state index in [-0.39, 0.29) is 5.82 Å². The Hall–Kier alpha value is -1.68. The maximum atomic E-state index is 12.8. The van der Waals surface area contributed by atoms with Crippen LogP contribution in [0.3, 0.4) is 0 Å². The average Bonchev–Trinajstić information content (AvgIpc) is 2.89. The van der Waals surface area contributed by atoms with Crippen LogP contribution >= 0.6 is 0 Å². The minimum Gasteiger partial charge on any atom is -0.317 e. The summed E-state index contributed by atoms with van der Waals surface area (Å²) in [6.45, 7) is 5.00. The van der Waals surface area contributed by atoms with E-state index in [0.29, 0.717) is 6.54 Å². The Bertz CT molecular complexity index is 505. The highest BCUT2D eigenvalue weighted by atomic mass is 19.1. The molecule has 1 N–H and O–H groups in total. The molecule has 20 heavy (non-hydrogen) atoms. The van der Waals surface area contributed by atoms with Crippen molar-refractivity contribution in [2.45, 2.75) is 32.7 Å². The van der Waals surface area contributed by atoms with Crippen LogP contribution in [-0.4, -0.2) is 22.9 Å². The first-order chi connectivity index (χ1) is 9.78. The summed E-state index contributed by atoms with van der Waals surface area (Å²) in [6.07, 6.45) is 7.34. The van der Waals surface area contributed by atoms with Gasteiger partial charge in [-0.15, -0.1) is 0 Å². The van der Waals surface area contributed by atoms with E-state index in [0.717, 1.165) is 31.5 Å². The summed E-state index contributed by atoms with van der Waals surface area (Å²) in [7, 11) is 0. The van der Waals surface area contributed by atoms with E-state index in [9.17, 15) is 4.39 Å². The fourth-order valence-electron chi connectivity index (χ4n) is 2.12. The minimum atomic E-state index is -0.200. The minimum absolute atomic E-state index is 0.200. The van der Waals surface area contributed by atoms with Gasteiger partial charge in [0.05, 0.1) is 12.7 Å². The zero-order valence-electron chi connectivity index (χ0n) is 12.0. The van der Waals surface area contributed by atoms with E-state index in [1.165, 1.54) is 24.1 Å². The molecule has 0 saturated heterocycles. The molecule has 3 nitrogen and oxygen atoms in total. The van der Waals surface area contributed by atoms with Gasteiger partial charge >= 0.3 is 0 Å². The molecule has 0 atom stereocenters. The van der Waals surface area contributed by atoms with Gasteiger partial charge in [-0.3, -0.25) is 4.68 Å². The summed E-state index contributed by atoms with van der Waals surface area (Å²) in [5.74, 6) is -0.200. The Labute approximate surface area is 119 Å². The van der Waals surface area contributed by atoms with Crippen LogP contribution in [0.15, 0.2) is 36.7 Å². The van der Waals surface area contributed by atoms with Crippen LogP contribution in [0.25, 0.3) is 0 Å². The third-order valence-corrected chi connectivity index (χ3v) is 3.19. The van der Waals surface area contributed by atoms with Crippen molar-refractivity contribution in [1.29, 1.82) is 0 Å². The smallest absolute Gasteiger partial charge is 0.123 e. The molecule has 0 aliphatic carbocycles. The van der Waals surface area contributed by atoms with Crippen molar-refractivity contribution in [3.8, 4) is 0 Å². The number of halogens is 1. The molecule has 0 bridgehead atoms. The van der Waals surface area contributed by atoms with Gasteiger partial charge in [-0.05, 0) is 55.6 Å². The van der Waals surface area contributed by atoms with E-state index in [4.69, 9.17) is 0 Å².